The number of aryl methyl sites for hydroxylation is 1. The van der Waals surface area contributed by atoms with Crippen molar-refractivity contribution in [3.8, 4) is 0 Å². The Hall–Kier alpha value is -2.31. The number of nitrogens with one attached hydrogen (secondary N) is 1. The van der Waals surface area contributed by atoms with Crippen molar-refractivity contribution in [2.24, 2.45) is 0 Å². The van der Waals surface area contributed by atoms with Gasteiger partial charge >= 0.3 is 0 Å². The third kappa shape index (κ3) is 2.68. The van der Waals surface area contributed by atoms with E-state index in [1.54, 1.807) is 12.1 Å². The number of carbonyl (C=O) groups is 1. The first-order valence-corrected chi connectivity index (χ1v) is 5.40. The Morgan fingerprint density at radius 2 is 2.44 bits per heavy atom. The maximum absolute atomic E-state index is 12.1. The Kier molecular flexibility index (Phi) is 3.61. The minimum Gasteiger partial charge on any atom is -0.467 e. The van der Waals surface area contributed by atoms with Crippen LogP contribution in [0.3, 0.4) is 0 Å². The molecule has 0 aliphatic heterocycles. The number of nitrogens with zero attached hydrogens (tertiary/aromatic N) is 2. The molecule has 96 valence electrons. The molecular formula is C11H13FN4O2. The van der Waals surface area contributed by atoms with Crippen molar-refractivity contribution in [3.63, 3.8) is 0 Å². The first-order valence-electron chi connectivity index (χ1n) is 5.40. The van der Waals surface area contributed by atoms with E-state index in [-0.39, 0.29) is 24.5 Å². The van der Waals surface area contributed by atoms with Gasteiger partial charge in [0, 0.05) is 6.20 Å². The Morgan fingerprint density at radius 1 is 1.61 bits per heavy atom. The Labute approximate surface area is 103 Å². The van der Waals surface area contributed by atoms with Gasteiger partial charge in [-0.15, -0.1) is 0 Å². The predicted octanol–water partition coefficient (Wildman–Crippen LogP) is 0.958. The van der Waals surface area contributed by atoms with E-state index in [2.05, 4.69) is 10.4 Å². The van der Waals surface area contributed by atoms with Crippen LogP contribution in [0.15, 0.2) is 29.0 Å². The molecule has 0 aliphatic carbocycles. The summed E-state index contributed by atoms with van der Waals surface area (Å²) in [7, 11) is 0. The maximum Gasteiger partial charge on any atom is 0.274 e. The minimum absolute atomic E-state index is 0.0790. The van der Waals surface area contributed by atoms with Gasteiger partial charge in [0.15, 0.2) is 5.69 Å². The molecule has 2 rings (SSSR count). The number of rotatable bonds is 5. The normalized spacial score (nSPS) is 10.5. The van der Waals surface area contributed by atoms with Gasteiger partial charge in [0.2, 0.25) is 0 Å². The molecule has 0 saturated carbocycles. The van der Waals surface area contributed by atoms with Gasteiger partial charge in [-0.25, -0.2) is 4.39 Å². The number of nitrogen functional groups attached to an aromatic ring is 1. The van der Waals surface area contributed by atoms with Crippen molar-refractivity contribution in [1.29, 1.82) is 0 Å². The van der Waals surface area contributed by atoms with E-state index in [0.717, 1.165) is 0 Å². The Balaban J connectivity index is 2.00. The molecule has 2 aromatic heterocycles. The summed E-state index contributed by atoms with van der Waals surface area (Å²) < 4.78 is 18.5. The molecule has 0 aliphatic rings. The molecule has 0 atom stereocenters. The standard InChI is InChI=1S/C11H13FN4O2/c12-3-4-16-7-9(13)10(15-16)11(17)14-6-8-2-1-5-18-8/h1-2,5,7H,3-4,6,13H2,(H,14,17). The van der Waals surface area contributed by atoms with Crippen LogP contribution in [0.2, 0.25) is 0 Å². The van der Waals surface area contributed by atoms with Crippen molar-refractivity contribution < 1.29 is 13.6 Å². The maximum atomic E-state index is 12.1. The fourth-order valence-electron chi connectivity index (χ4n) is 1.48. The Morgan fingerprint density at radius 3 is 3.11 bits per heavy atom. The molecule has 18 heavy (non-hydrogen) atoms. The van der Waals surface area contributed by atoms with Crippen LogP contribution >= 0.6 is 0 Å². The molecular weight excluding hydrogens is 239 g/mol. The molecule has 3 N–H and O–H groups in total. The molecule has 0 radical (unpaired) electrons. The number of alkyl halides is 1. The highest BCUT2D eigenvalue weighted by molar-refractivity contribution is 5.96. The summed E-state index contributed by atoms with van der Waals surface area (Å²) in [6.07, 6.45) is 2.95. The summed E-state index contributed by atoms with van der Waals surface area (Å²) in [5.41, 5.74) is 5.95. The lowest BCUT2D eigenvalue weighted by Gasteiger charge is -2.01. The number of hydrogen-bond acceptors (Lipinski definition) is 4. The first kappa shape index (κ1) is 12.2. The van der Waals surface area contributed by atoms with Crippen molar-refractivity contribution in [1.82, 2.24) is 15.1 Å². The van der Waals surface area contributed by atoms with Crippen LogP contribution in [0.25, 0.3) is 0 Å². The zero-order chi connectivity index (χ0) is 13.0. The smallest absolute Gasteiger partial charge is 0.274 e. The summed E-state index contributed by atoms with van der Waals surface area (Å²) in [6.45, 7) is -0.231. The van der Waals surface area contributed by atoms with Crippen LogP contribution in [0.1, 0.15) is 16.2 Å². The lowest BCUT2D eigenvalue weighted by molar-refractivity contribution is 0.0943. The van der Waals surface area contributed by atoms with Gasteiger partial charge in [-0.3, -0.25) is 9.48 Å². The van der Waals surface area contributed by atoms with Crippen LogP contribution in [0, 0.1) is 0 Å². The molecule has 2 aromatic rings. The van der Waals surface area contributed by atoms with Gasteiger partial charge in [-0.2, -0.15) is 5.10 Å². The van der Waals surface area contributed by atoms with Crippen LogP contribution < -0.4 is 11.1 Å². The van der Waals surface area contributed by atoms with E-state index in [4.69, 9.17) is 10.2 Å². The monoisotopic (exact) mass is 252 g/mol. The third-order valence-electron chi connectivity index (χ3n) is 2.32. The molecule has 2 heterocycles. The number of anilines is 1. The Bertz CT molecular complexity index is 521. The van der Waals surface area contributed by atoms with Gasteiger partial charge in [0.1, 0.15) is 12.4 Å². The minimum atomic E-state index is -0.561. The predicted molar refractivity (Wildman–Crippen MR) is 62.5 cm³/mol. The highest BCUT2D eigenvalue weighted by Crippen LogP contribution is 2.09. The average Bonchev–Trinajstić information content (AvgIpc) is 2.96. The fraction of sp³-hybridized carbons (Fsp3) is 0.273. The van der Waals surface area contributed by atoms with Crippen LogP contribution in [-0.4, -0.2) is 22.4 Å². The van der Waals surface area contributed by atoms with Crippen LogP contribution in [-0.2, 0) is 13.1 Å². The molecule has 0 bridgehead atoms. The number of furan rings is 1. The molecule has 0 saturated heterocycles. The average molecular weight is 252 g/mol. The molecule has 0 unspecified atom stereocenters. The second-order valence-electron chi connectivity index (χ2n) is 3.65. The summed E-state index contributed by atoms with van der Waals surface area (Å²) >= 11 is 0. The second kappa shape index (κ2) is 5.35. The van der Waals surface area contributed by atoms with E-state index in [9.17, 15) is 9.18 Å². The van der Waals surface area contributed by atoms with Gasteiger partial charge < -0.3 is 15.5 Å². The summed E-state index contributed by atoms with van der Waals surface area (Å²) in [5, 5.41) is 6.52. The highest BCUT2D eigenvalue weighted by atomic mass is 19.1. The van der Waals surface area contributed by atoms with Gasteiger partial charge in [0.25, 0.3) is 5.91 Å². The van der Waals surface area contributed by atoms with Gasteiger partial charge in [-0.05, 0) is 12.1 Å². The molecule has 0 fully saturated rings. The lowest BCUT2D eigenvalue weighted by Crippen LogP contribution is -2.24. The van der Waals surface area contributed by atoms with E-state index < -0.39 is 12.6 Å². The van der Waals surface area contributed by atoms with E-state index in [1.807, 2.05) is 0 Å². The lowest BCUT2D eigenvalue weighted by atomic mass is 10.3. The van der Waals surface area contributed by atoms with E-state index in [0.29, 0.717) is 5.76 Å². The van der Waals surface area contributed by atoms with Crippen molar-refractivity contribution >= 4 is 11.6 Å². The molecule has 0 spiro atoms. The zero-order valence-electron chi connectivity index (χ0n) is 9.60. The highest BCUT2D eigenvalue weighted by Gasteiger charge is 2.14. The largest absolute Gasteiger partial charge is 0.467 e. The number of aromatic nitrogens is 2. The van der Waals surface area contributed by atoms with Crippen molar-refractivity contribution in [2.75, 3.05) is 12.4 Å². The fourth-order valence-corrected chi connectivity index (χ4v) is 1.48. The summed E-state index contributed by atoms with van der Waals surface area (Å²) in [4.78, 5) is 11.8. The van der Waals surface area contributed by atoms with Crippen molar-refractivity contribution in [2.45, 2.75) is 13.1 Å². The van der Waals surface area contributed by atoms with Gasteiger partial charge in [-0.1, -0.05) is 0 Å². The SMILES string of the molecule is Nc1cn(CCF)nc1C(=O)NCc1ccco1. The number of carbonyl (C=O) groups excluding carboxylic acids is 1. The van der Waals surface area contributed by atoms with E-state index >= 15 is 0 Å². The summed E-state index contributed by atoms with van der Waals surface area (Å²) in [6, 6.07) is 3.47. The van der Waals surface area contributed by atoms with Crippen LogP contribution in [0.4, 0.5) is 10.1 Å². The van der Waals surface area contributed by atoms with Crippen molar-refractivity contribution in [3.05, 3.63) is 36.0 Å². The topological polar surface area (TPSA) is 86.1 Å². The molecule has 1 amide bonds. The van der Waals surface area contributed by atoms with Crippen LogP contribution in [0.5, 0.6) is 0 Å². The third-order valence-corrected chi connectivity index (χ3v) is 2.32. The van der Waals surface area contributed by atoms with Gasteiger partial charge in [0.05, 0.1) is 25.0 Å². The quantitative estimate of drug-likeness (QED) is 0.829. The molecule has 7 heteroatoms. The van der Waals surface area contributed by atoms with E-state index in [1.165, 1.54) is 17.1 Å². The molecule has 6 nitrogen and oxygen atoms in total. The number of amides is 1. The number of nitrogens with two attached hydrogens (primary N) is 1. The second-order valence-corrected chi connectivity index (χ2v) is 3.65. The number of hydrogen-bond donors (Lipinski definition) is 2. The first-order chi connectivity index (χ1) is 8.70. The molecule has 0 aromatic carbocycles. The number of halogens is 1. The summed E-state index contributed by atoms with van der Waals surface area (Å²) in [5.74, 6) is 0.214. The zero-order valence-corrected chi connectivity index (χ0v) is 9.60.